The Morgan fingerprint density at radius 2 is 0.667 bits per heavy atom. The van der Waals surface area contributed by atoms with Crippen molar-refractivity contribution < 1.29 is 8.83 Å². The standard InChI is InChI=1S/2C19H12O.5C11H8N2/c1-2-4-13-11-17-14(9-12(13)3-1)5-6-15-10-16-7-8-20-19(16)18(15)17;1-2-4-13-10-17-14(9-12(13)3-1)5-6-15-11-18-16(19(15)17)7-8-20-18;1-3-12-6-8-5-9-7-13-4-2-11(9)10(1)8;1-3-8-7-10-9(4-2-5-12-10)11(8)13-6-1;1-3-8-9-4-2-6-13-11(9)7-10(8)12-5-1;1-2-10-9-3-5-12-7-8(9)6-11(10)13-4-1;1-2-9-10-7-12-5-3-8(10)6-11(9)13-4-1/h1-9,11H,10H2;1-10H,11H2;1-4,6-7H,5H2;2*1-6H,7H2;2*1-5,7H,6H2. The summed E-state index contributed by atoms with van der Waals surface area (Å²) in [6, 6.07) is 72.1. The Morgan fingerprint density at radius 1 is 0.229 bits per heavy atom. The number of furan rings is 2. The molecule has 7 aliphatic rings. The van der Waals surface area contributed by atoms with Crippen LogP contribution in [0.3, 0.4) is 0 Å². The van der Waals surface area contributed by atoms with E-state index in [-0.39, 0.29) is 0 Å². The molecule has 6 aromatic carbocycles. The van der Waals surface area contributed by atoms with Gasteiger partial charge in [-0.1, -0.05) is 103 Å². The number of benzene rings is 6. The van der Waals surface area contributed by atoms with E-state index in [1.165, 1.54) is 166 Å². The second-order valence-corrected chi connectivity index (χ2v) is 26.9. The predicted octanol–water partition coefficient (Wildman–Crippen LogP) is 20.6. The first-order chi connectivity index (χ1) is 52.0. The van der Waals surface area contributed by atoms with E-state index >= 15 is 0 Å². The van der Waals surface area contributed by atoms with Gasteiger partial charge < -0.3 is 8.83 Å². The monoisotopic (exact) mass is 1350 g/mol. The third kappa shape index (κ3) is 11.8. The van der Waals surface area contributed by atoms with Crippen LogP contribution in [-0.4, -0.2) is 49.8 Å². The molecule has 12 heteroatoms. The summed E-state index contributed by atoms with van der Waals surface area (Å²) in [5, 5.41) is 10.4. The Labute approximate surface area is 605 Å². The Kier molecular flexibility index (Phi) is 16.1. The van der Waals surface area contributed by atoms with Crippen molar-refractivity contribution in [1.82, 2.24) is 49.8 Å². The first kappa shape index (κ1) is 62.4. The lowest BCUT2D eigenvalue weighted by Gasteiger charge is -2.08. The highest BCUT2D eigenvalue weighted by Gasteiger charge is 2.27. The Hall–Kier alpha value is -13.6. The number of nitrogens with zero attached hydrogens (tertiary/aromatic N) is 10. The Balaban J connectivity index is 0.0000000849. The van der Waals surface area contributed by atoms with E-state index in [4.69, 9.17) is 8.83 Å². The highest BCUT2D eigenvalue weighted by Crippen LogP contribution is 2.46. The van der Waals surface area contributed by atoms with Gasteiger partial charge in [0.05, 0.1) is 46.7 Å². The van der Waals surface area contributed by atoms with Gasteiger partial charge in [-0.15, -0.1) is 0 Å². The third-order valence-electron chi connectivity index (χ3n) is 20.8. The van der Waals surface area contributed by atoms with Gasteiger partial charge in [0.2, 0.25) is 0 Å². The van der Waals surface area contributed by atoms with E-state index in [9.17, 15) is 0 Å². The lowest BCUT2D eigenvalue weighted by atomic mass is 9.96. The molecule has 0 fully saturated rings. The summed E-state index contributed by atoms with van der Waals surface area (Å²) >= 11 is 0. The van der Waals surface area contributed by atoms with Crippen LogP contribution in [0.1, 0.15) is 78.7 Å². The molecular formula is C93H64N10O2. The molecule has 7 aliphatic carbocycles. The lowest BCUT2D eigenvalue weighted by molar-refractivity contribution is 0.525. The molecule has 25 rings (SSSR count). The number of aromatic nitrogens is 10. The molecule has 0 saturated heterocycles. The largest absolute Gasteiger partial charge is 0.468 e. The number of hydrogen-bond acceptors (Lipinski definition) is 12. The summed E-state index contributed by atoms with van der Waals surface area (Å²) in [5.74, 6) is 2.15. The number of rotatable bonds is 0. The lowest BCUT2D eigenvalue weighted by Crippen LogP contribution is -1.85. The molecule has 0 N–H and O–H groups in total. The van der Waals surface area contributed by atoms with Crippen LogP contribution in [-0.2, 0) is 44.9 Å². The van der Waals surface area contributed by atoms with Crippen molar-refractivity contribution in [3.8, 4) is 78.2 Å². The molecule has 0 saturated carbocycles. The van der Waals surface area contributed by atoms with Crippen LogP contribution in [0.5, 0.6) is 0 Å². The zero-order valence-electron chi connectivity index (χ0n) is 57.1. The first-order valence-corrected chi connectivity index (χ1v) is 35.4. The minimum atomic E-state index is 0.881. The summed E-state index contributed by atoms with van der Waals surface area (Å²) in [6.45, 7) is 0. The smallest absolute Gasteiger partial charge is 0.138 e. The molecule has 18 aromatic rings. The van der Waals surface area contributed by atoms with E-state index < -0.39 is 0 Å². The van der Waals surface area contributed by atoms with Crippen molar-refractivity contribution in [2.45, 2.75) is 44.9 Å². The molecule has 105 heavy (non-hydrogen) atoms. The molecule has 12 aromatic heterocycles. The molecule has 0 spiro atoms. The second-order valence-electron chi connectivity index (χ2n) is 26.9. The van der Waals surface area contributed by atoms with Gasteiger partial charge in [0.1, 0.15) is 11.5 Å². The minimum absolute atomic E-state index is 0.881. The van der Waals surface area contributed by atoms with Crippen molar-refractivity contribution in [1.29, 1.82) is 0 Å². The van der Waals surface area contributed by atoms with Crippen LogP contribution in [0.25, 0.3) is 121 Å². The average Bonchev–Trinajstić information content (AvgIpc) is 1.55. The zero-order valence-corrected chi connectivity index (χ0v) is 57.1. The van der Waals surface area contributed by atoms with Gasteiger partial charge in [-0.05, 0) is 207 Å². The van der Waals surface area contributed by atoms with Gasteiger partial charge in [0.15, 0.2) is 0 Å². The normalized spacial score (nSPS) is 12.5. The molecule has 0 amide bonds. The van der Waals surface area contributed by atoms with Crippen LogP contribution < -0.4 is 0 Å². The summed E-state index contributed by atoms with van der Waals surface area (Å²) in [6.07, 6.45) is 36.3. The van der Waals surface area contributed by atoms with Crippen LogP contribution in [0, 0.1) is 0 Å². The number of pyridine rings is 10. The van der Waals surface area contributed by atoms with Gasteiger partial charge in [0.25, 0.3) is 0 Å². The van der Waals surface area contributed by atoms with Crippen LogP contribution in [0.2, 0.25) is 0 Å². The van der Waals surface area contributed by atoms with Gasteiger partial charge in [-0.25, -0.2) is 0 Å². The maximum absolute atomic E-state index is 5.72. The quantitative estimate of drug-likeness (QED) is 0.133. The van der Waals surface area contributed by atoms with Gasteiger partial charge in [0, 0.05) is 182 Å². The highest BCUT2D eigenvalue weighted by atomic mass is 16.3. The molecule has 498 valence electrons. The van der Waals surface area contributed by atoms with Gasteiger partial charge in [-0.2, -0.15) is 0 Å². The summed E-state index contributed by atoms with van der Waals surface area (Å²) in [5.41, 5.74) is 32.7. The van der Waals surface area contributed by atoms with Crippen LogP contribution in [0.15, 0.2) is 314 Å². The fourth-order valence-corrected chi connectivity index (χ4v) is 15.9. The van der Waals surface area contributed by atoms with Crippen molar-refractivity contribution in [2.24, 2.45) is 0 Å². The maximum atomic E-state index is 5.72. The van der Waals surface area contributed by atoms with E-state index in [0.29, 0.717) is 0 Å². The second kappa shape index (κ2) is 27.1. The molecule has 0 radical (unpaired) electrons. The SMILES string of the molecule is c1cc2c(cn1)Cc1cnccc1-2.c1ccc2cc3c4c(ccc3cc2c1)Cc1ccoc1-4.c1ccc2cc3c4c(ccc3cc2c1)Cc1occc1-4.c1cnc2c(c1)-c1cccnc1C2.c1cnc2c(c1)-c1ccncc1C2.c1cnc2c(c1)-c1cnccc1C2.c1cnc2c(c1)Cc1ncccc1-2. The minimum Gasteiger partial charge on any atom is -0.468 e. The summed E-state index contributed by atoms with van der Waals surface area (Å²) in [7, 11) is 0. The molecule has 0 atom stereocenters. The Bertz CT molecular complexity index is 5500. The summed E-state index contributed by atoms with van der Waals surface area (Å²) < 4.78 is 11.3. The van der Waals surface area contributed by atoms with E-state index in [2.05, 4.69) is 220 Å². The fraction of sp³-hybridized carbons (Fsp3) is 0.0753. The molecule has 0 aliphatic heterocycles. The van der Waals surface area contributed by atoms with Crippen molar-refractivity contribution in [2.75, 3.05) is 0 Å². The molecule has 12 heterocycles. The topological polar surface area (TPSA) is 155 Å². The fourth-order valence-electron chi connectivity index (χ4n) is 15.9. The molecule has 0 bridgehead atoms. The highest BCUT2D eigenvalue weighted by molar-refractivity contribution is 6.08. The first-order valence-electron chi connectivity index (χ1n) is 35.4. The average molecular weight is 1350 g/mol. The third-order valence-corrected chi connectivity index (χ3v) is 20.8. The van der Waals surface area contributed by atoms with Crippen molar-refractivity contribution in [3.63, 3.8) is 0 Å². The van der Waals surface area contributed by atoms with Gasteiger partial charge in [-0.3, -0.25) is 49.8 Å². The molecule has 0 unspecified atom stereocenters. The number of fused-ring (bicyclic) bond motifs is 27. The van der Waals surface area contributed by atoms with E-state index in [1.807, 2.05) is 123 Å². The van der Waals surface area contributed by atoms with Crippen LogP contribution in [0.4, 0.5) is 0 Å². The zero-order chi connectivity index (χ0) is 69.6. The molecule has 12 nitrogen and oxygen atoms in total. The van der Waals surface area contributed by atoms with Crippen molar-refractivity contribution in [3.05, 3.63) is 384 Å². The molecular weight excluding hydrogens is 1290 g/mol. The van der Waals surface area contributed by atoms with Crippen molar-refractivity contribution >= 4 is 43.1 Å². The summed E-state index contributed by atoms with van der Waals surface area (Å²) in [4.78, 5) is 42.5. The Morgan fingerprint density at radius 3 is 1.28 bits per heavy atom. The van der Waals surface area contributed by atoms with E-state index in [1.54, 1.807) is 12.5 Å². The van der Waals surface area contributed by atoms with Crippen LogP contribution >= 0.6 is 0 Å². The maximum Gasteiger partial charge on any atom is 0.138 e. The van der Waals surface area contributed by atoms with Gasteiger partial charge >= 0.3 is 0 Å². The predicted molar refractivity (Wildman–Crippen MR) is 415 cm³/mol. The van der Waals surface area contributed by atoms with E-state index in [0.717, 1.165) is 79.2 Å². The number of hydrogen-bond donors (Lipinski definition) is 0.